The molecule has 0 saturated carbocycles. The van der Waals surface area contributed by atoms with Crippen LogP contribution in [0.1, 0.15) is 25.3 Å². The normalized spacial score (nSPS) is 11.7. The number of ether oxygens (including phenoxy) is 1. The van der Waals surface area contributed by atoms with E-state index in [9.17, 15) is 8.42 Å². The van der Waals surface area contributed by atoms with E-state index in [1.807, 2.05) is 6.92 Å². The lowest BCUT2D eigenvalue weighted by atomic mass is 10.2. The van der Waals surface area contributed by atoms with Gasteiger partial charge in [0.05, 0.1) is 4.90 Å². The van der Waals surface area contributed by atoms with Gasteiger partial charge < -0.3 is 10.5 Å². The first-order valence-corrected chi connectivity index (χ1v) is 7.95. The number of nitrogens with two attached hydrogens (primary N) is 1. The monoisotopic (exact) mass is 286 g/mol. The minimum atomic E-state index is -3.48. The standard InChI is InChI=1S/C13H22N2O3S/c1-2-9-18-10-5-8-15-19(16,17)13-7-4-3-6-12(13)11-14/h3-4,6-7,15H,2,5,8-11,14H2,1H3. The Bertz CT molecular complexity index is 475. The zero-order valence-electron chi connectivity index (χ0n) is 11.3. The Morgan fingerprint density at radius 2 is 2.00 bits per heavy atom. The number of hydrogen-bond donors (Lipinski definition) is 2. The summed E-state index contributed by atoms with van der Waals surface area (Å²) in [7, 11) is -3.48. The molecule has 3 N–H and O–H groups in total. The lowest BCUT2D eigenvalue weighted by molar-refractivity contribution is 0.133. The second-order valence-corrected chi connectivity index (χ2v) is 5.91. The Kier molecular flexibility index (Phi) is 7.01. The Labute approximate surface area is 115 Å². The molecule has 1 aromatic carbocycles. The molecular weight excluding hydrogens is 264 g/mol. The van der Waals surface area contributed by atoms with Gasteiger partial charge in [0, 0.05) is 26.3 Å². The predicted molar refractivity (Wildman–Crippen MR) is 75.2 cm³/mol. The third-order valence-corrected chi connectivity index (χ3v) is 4.15. The van der Waals surface area contributed by atoms with Crippen LogP contribution in [0.25, 0.3) is 0 Å². The van der Waals surface area contributed by atoms with Gasteiger partial charge in [0.2, 0.25) is 10.0 Å². The summed E-state index contributed by atoms with van der Waals surface area (Å²) in [6.45, 7) is 3.88. The molecule has 0 amide bonds. The molecule has 0 saturated heterocycles. The maximum absolute atomic E-state index is 12.1. The molecule has 0 radical (unpaired) electrons. The van der Waals surface area contributed by atoms with E-state index in [1.165, 1.54) is 0 Å². The minimum Gasteiger partial charge on any atom is -0.381 e. The van der Waals surface area contributed by atoms with Crippen molar-refractivity contribution in [2.24, 2.45) is 5.73 Å². The van der Waals surface area contributed by atoms with Crippen LogP contribution in [0.5, 0.6) is 0 Å². The van der Waals surface area contributed by atoms with Crippen molar-refractivity contribution in [3.63, 3.8) is 0 Å². The summed E-state index contributed by atoms with van der Waals surface area (Å²) in [6.07, 6.45) is 1.62. The molecule has 19 heavy (non-hydrogen) atoms. The molecule has 1 rings (SSSR count). The van der Waals surface area contributed by atoms with Crippen LogP contribution in [-0.2, 0) is 21.3 Å². The van der Waals surface area contributed by atoms with Gasteiger partial charge in [-0.15, -0.1) is 0 Å². The van der Waals surface area contributed by atoms with E-state index in [4.69, 9.17) is 10.5 Å². The molecule has 0 atom stereocenters. The molecule has 1 aromatic rings. The van der Waals surface area contributed by atoms with Crippen molar-refractivity contribution in [2.75, 3.05) is 19.8 Å². The SMILES string of the molecule is CCCOCCCNS(=O)(=O)c1ccccc1CN. The van der Waals surface area contributed by atoms with Gasteiger partial charge in [-0.2, -0.15) is 0 Å². The third-order valence-electron chi connectivity index (χ3n) is 2.59. The number of sulfonamides is 1. The van der Waals surface area contributed by atoms with Crippen molar-refractivity contribution in [2.45, 2.75) is 31.2 Å². The molecule has 0 bridgehead atoms. The highest BCUT2D eigenvalue weighted by atomic mass is 32.2. The molecule has 6 heteroatoms. The van der Waals surface area contributed by atoms with E-state index >= 15 is 0 Å². The molecule has 0 spiro atoms. The van der Waals surface area contributed by atoms with Crippen molar-refractivity contribution < 1.29 is 13.2 Å². The average Bonchev–Trinajstić information content (AvgIpc) is 2.42. The summed E-state index contributed by atoms with van der Waals surface area (Å²) in [6, 6.07) is 6.76. The van der Waals surface area contributed by atoms with Gasteiger partial charge in [-0.1, -0.05) is 25.1 Å². The summed E-state index contributed by atoms with van der Waals surface area (Å²) in [5.41, 5.74) is 6.17. The van der Waals surface area contributed by atoms with Gasteiger partial charge in [-0.05, 0) is 24.5 Å². The van der Waals surface area contributed by atoms with Crippen LogP contribution in [-0.4, -0.2) is 28.2 Å². The number of benzene rings is 1. The van der Waals surface area contributed by atoms with E-state index in [1.54, 1.807) is 24.3 Å². The topological polar surface area (TPSA) is 81.4 Å². The number of nitrogens with one attached hydrogen (secondary N) is 1. The summed E-state index contributed by atoms with van der Waals surface area (Å²) < 4.78 is 32.0. The third kappa shape index (κ3) is 5.28. The van der Waals surface area contributed by atoms with Crippen LogP contribution in [0, 0.1) is 0 Å². The molecule has 0 aliphatic heterocycles. The largest absolute Gasteiger partial charge is 0.381 e. The quantitative estimate of drug-likeness (QED) is 0.669. The molecular formula is C13H22N2O3S. The minimum absolute atomic E-state index is 0.205. The van der Waals surface area contributed by atoms with Crippen LogP contribution in [0.3, 0.4) is 0 Å². The molecule has 0 aliphatic rings. The van der Waals surface area contributed by atoms with Gasteiger partial charge in [-0.3, -0.25) is 0 Å². The van der Waals surface area contributed by atoms with Crippen molar-refractivity contribution in [1.82, 2.24) is 4.72 Å². The molecule has 0 unspecified atom stereocenters. The highest BCUT2D eigenvalue weighted by molar-refractivity contribution is 7.89. The second-order valence-electron chi connectivity index (χ2n) is 4.18. The number of hydrogen-bond acceptors (Lipinski definition) is 4. The molecule has 0 fully saturated rings. The fraction of sp³-hybridized carbons (Fsp3) is 0.538. The second kappa shape index (κ2) is 8.27. The maximum Gasteiger partial charge on any atom is 0.240 e. The first-order valence-electron chi connectivity index (χ1n) is 6.47. The smallest absolute Gasteiger partial charge is 0.240 e. The van der Waals surface area contributed by atoms with Gasteiger partial charge in [0.25, 0.3) is 0 Å². The lowest BCUT2D eigenvalue weighted by Crippen LogP contribution is -2.27. The fourth-order valence-electron chi connectivity index (χ4n) is 1.64. The fourth-order valence-corrected chi connectivity index (χ4v) is 2.96. The summed E-state index contributed by atoms with van der Waals surface area (Å²) >= 11 is 0. The van der Waals surface area contributed by atoms with Crippen molar-refractivity contribution in [3.05, 3.63) is 29.8 Å². The molecule has 108 valence electrons. The van der Waals surface area contributed by atoms with Crippen molar-refractivity contribution in [1.29, 1.82) is 0 Å². The summed E-state index contributed by atoms with van der Waals surface area (Å²) in [5, 5.41) is 0. The van der Waals surface area contributed by atoms with Crippen LogP contribution >= 0.6 is 0 Å². The molecule has 0 heterocycles. The summed E-state index contributed by atoms with van der Waals surface area (Å²) in [4.78, 5) is 0.256. The van der Waals surface area contributed by atoms with Crippen LogP contribution < -0.4 is 10.5 Å². The van der Waals surface area contributed by atoms with Gasteiger partial charge >= 0.3 is 0 Å². The Morgan fingerprint density at radius 1 is 1.26 bits per heavy atom. The van der Waals surface area contributed by atoms with Gasteiger partial charge in [-0.25, -0.2) is 13.1 Å². The zero-order chi connectivity index (χ0) is 14.1. The van der Waals surface area contributed by atoms with Crippen LogP contribution in [0.15, 0.2) is 29.2 Å². The van der Waals surface area contributed by atoms with E-state index in [2.05, 4.69) is 4.72 Å². The van der Waals surface area contributed by atoms with E-state index in [-0.39, 0.29) is 11.4 Å². The van der Waals surface area contributed by atoms with Crippen LogP contribution in [0.4, 0.5) is 0 Å². The zero-order valence-corrected chi connectivity index (χ0v) is 12.1. The maximum atomic E-state index is 12.1. The first-order chi connectivity index (χ1) is 9.11. The van der Waals surface area contributed by atoms with Crippen molar-refractivity contribution in [3.8, 4) is 0 Å². The lowest BCUT2D eigenvalue weighted by Gasteiger charge is -2.10. The Morgan fingerprint density at radius 3 is 2.68 bits per heavy atom. The predicted octanol–water partition coefficient (Wildman–Crippen LogP) is 1.24. The molecule has 0 aliphatic carbocycles. The first kappa shape index (κ1) is 16.1. The van der Waals surface area contributed by atoms with Gasteiger partial charge in [0.15, 0.2) is 0 Å². The Hall–Kier alpha value is -0.950. The van der Waals surface area contributed by atoms with Crippen LogP contribution in [0.2, 0.25) is 0 Å². The van der Waals surface area contributed by atoms with Gasteiger partial charge in [0.1, 0.15) is 0 Å². The van der Waals surface area contributed by atoms with E-state index in [0.29, 0.717) is 31.7 Å². The number of rotatable bonds is 9. The highest BCUT2D eigenvalue weighted by Crippen LogP contribution is 2.14. The Balaban J connectivity index is 2.52. The molecule has 5 nitrogen and oxygen atoms in total. The highest BCUT2D eigenvalue weighted by Gasteiger charge is 2.16. The van der Waals surface area contributed by atoms with Crippen molar-refractivity contribution >= 4 is 10.0 Å². The molecule has 0 aromatic heterocycles. The summed E-state index contributed by atoms with van der Waals surface area (Å²) in [5.74, 6) is 0. The van der Waals surface area contributed by atoms with E-state index in [0.717, 1.165) is 6.42 Å². The average molecular weight is 286 g/mol. The van der Waals surface area contributed by atoms with E-state index < -0.39 is 10.0 Å².